The second kappa shape index (κ2) is 7.13. The van der Waals surface area contributed by atoms with E-state index in [9.17, 15) is 0 Å². The fraction of sp³-hybridized carbons (Fsp3) is 0.538. The summed E-state index contributed by atoms with van der Waals surface area (Å²) in [5.41, 5.74) is 14.3. The Kier molecular flexibility index (Phi) is 6.45. The number of halogens is 3. The minimum absolute atomic E-state index is 0. The van der Waals surface area contributed by atoms with E-state index in [2.05, 4.69) is 37.9 Å². The fourth-order valence-corrected chi connectivity index (χ4v) is 3.89. The molecule has 0 aliphatic heterocycles. The van der Waals surface area contributed by atoms with Crippen molar-refractivity contribution in [2.24, 2.45) is 11.7 Å². The van der Waals surface area contributed by atoms with E-state index in [0.29, 0.717) is 5.92 Å². The summed E-state index contributed by atoms with van der Waals surface area (Å²) in [6, 6.07) is 4.08. The number of hydrogen-bond acceptors (Lipinski definition) is 2. The van der Waals surface area contributed by atoms with Gasteiger partial charge >= 0.3 is 0 Å². The van der Waals surface area contributed by atoms with Crippen LogP contribution in [0.3, 0.4) is 0 Å². The van der Waals surface area contributed by atoms with E-state index in [4.69, 9.17) is 11.5 Å². The van der Waals surface area contributed by atoms with Crippen LogP contribution < -0.4 is 11.5 Å². The van der Waals surface area contributed by atoms with Crippen LogP contribution in [0, 0.1) is 5.92 Å². The highest BCUT2D eigenvalue weighted by molar-refractivity contribution is 9.11. The zero-order chi connectivity index (χ0) is 12.4. The maximum atomic E-state index is 6.39. The lowest BCUT2D eigenvalue weighted by molar-refractivity contribution is 0.308. The summed E-state index contributed by atoms with van der Waals surface area (Å²) >= 11 is 6.98. The zero-order valence-corrected chi connectivity index (χ0v) is 14.2. The van der Waals surface area contributed by atoms with Gasteiger partial charge in [0, 0.05) is 15.0 Å². The summed E-state index contributed by atoms with van der Waals surface area (Å²) < 4.78 is 1.95. The van der Waals surface area contributed by atoms with Gasteiger partial charge in [0.25, 0.3) is 0 Å². The molecule has 102 valence electrons. The number of nitrogens with two attached hydrogens (primary N) is 2. The molecule has 0 saturated heterocycles. The van der Waals surface area contributed by atoms with Crippen molar-refractivity contribution in [3.63, 3.8) is 0 Å². The Morgan fingerprint density at radius 1 is 1.11 bits per heavy atom. The van der Waals surface area contributed by atoms with E-state index in [0.717, 1.165) is 20.2 Å². The first-order valence-corrected chi connectivity index (χ1v) is 7.68. The second-order valence-corrected chi connectivity index (χ2v) is 6.58. The highest BCUT2D eigenvalue weighted by atomic mass is 79.9. The molecule has 0 amide bonds. The van der Waals surface area contributed by atoms with Crippen LogP contribution in [0.1, 0.15) is 43.7 Å². The molecule has 0 heterocycles. The Hall–Kier alpha value is 0.230. The molecule has 0 radical (unpaired) electrons. The van der Waals surface area contributed by atoms with Crippen molar-refractivity contribution in [1.82, 2.24) is 0 Å². The van der Waals surface area contributed by atoms with Crippen molar-refractivity contribution in [3.8, 4) is 0 Å². The van der Waals surface area contributed by atoms with Gasteiger partial charge in [-0.3, -0.25) is 0 Å². The lowest BCUT2D eigenvalue weighted by Gasteiger charge is -2.28. The minimum Gasteiger partial charge on any atom is -0.398 e. The SMILES string of the molecule is Cl.Nc1c(Br)cc(Br)cc1[C@@H](N)C1CCCCC1. The van der Waals surface area contributed by atoms with Crippen molar-refractivity contribution in [2.45, 2.75) is 38.1 Å². The number of hydrogen-bond donors (Lipinski definition) is 2. The Bertz CT molecular complexity index is 406. The first-order chi connectivity index (χ1) is 8.09. The summed E-state index contributed by atoms with van der Waals surface area (Å²) in [6.45, 7) is 0. The largest absolute Gasteiger partial charge is 0.398 e. The van der Waals surface area contributed by atoms with Crippen molar-refractivity contribution >= 4 is 50.0 Å². The van der Waals surface area contributed by atoms with Gasteiger partial charge in [0.15, 0.2) is 0 Å². The van der Waals surface area contributed by atoms with Crippen molar-refractivity contribution in [3.05, 3.63) is 26.6 Å². The van der Waals surface area contributed by atoms with Crippen molar-refractivity contribution < 1.29 is 0 Å². The van der Waals surface area contributed by atoms with Crippen LogP contribution in [0.2, 0.25) is 0 Å². The molecule has 0 unspecified atom stereocenters. The van der Waals surface area contributed by atoms with Gasteiger partial charge in [-0.15, -0.1) is 12.4 Å². The third-order valence-electron chi connectivity index (χ3n) is 3.64. The van der Waals surface area contributed by atoms with Gasteiger partial charge in [-0.25, -0.2) is 0 Å². The highest BCUT2D eigenvalue weighted by Gasteiger charge is 2.24. The van der Waals surface area contributed by atoms with Crippen LogP contribution in [0.15, 0.2) is 21.1 Å². The standard InChI is InChI=1S/C13H18Br2N2.ClH/c14-9-6-10(13(17)11(15)7-9)12(16)8-4-2-1-3-5-8;/h6-8,12H,1-5,16-17H2;1H/t12-;/m0./s1. The van der Waals surface area contributed by atoms with Gasteiger partial charge in [0.2, 0.25) is 0 Å². The molecule has 0 bridgehead atoms. The summed E-state index contributed by atoms with van der Waals surface area (Å²) in [5.74, 6) is 0.576. The number of anilines is 1. The topological polar surface area (TPSA) is 52.0 Å². The fourth-order valence-electron chi connectivity index (χ4n) is 2.63. The van der Waals surface area contributed by atoms with Gasteiger partial charge in [0.1, 0.15) is 0 Å². The predicted molar refractivity (Wildman–Crippen MR) is 87.0 cm³/mol. The average molecular weight is 399 g/mol. The molecule has 0 aromatic heterocycles. The van der Waals surface area contributed by atoms with Crippen molar-refractivity contribution in [2.75, 3.05) is 5.73 Å². The first-order valence-electron chi connectivity index (χ1n) is 6.09. The van der Waals surface area contributed by atoms with E-state index >= 15 is 0 Å². The van der Waals surface area contributed by atoms with Crippen LogP contribution in [0.4, 0.5) is 5.69 Å². The van der Waals surface area contributed by atoms with E-state index < -0.39 is 0 Å². The van der Waals surface area contributed by atoms with E-state index in [1.54, 1.807) is 0 Å². The van der Waals surface area contributed by atoms with Gasteiger partial charge in [0.05, 0.1) is 5.69 Å². The van der Waals surface area contributed by atoms with E-state index in [-0.39, 0.29) is 18.4 Å². The molecule has 2 nitrogen and oxygen atoms in total. The Morgan fingerprint density at radius 2 is 1.72 bits per heavy atom. The normalized spacial score (nSPS) is 18.2. The van der Waals surface area contributed by atoms with Crippen molar-refractivity contribution in [1.29, 1.82) is 0 Å². The maximum Gasteiger partial charge on any atom is 0.0507 e. The summed E-state index contributed by atoms with van der Waals surface area (Å²) in [6.07, 6.45) is 6.40. The van der Waals surface area contributed by atoms with Gasteiger partial charge < -0.3 is 11.5 Å². The molecule has 1 saturated carbocycles. The number of rotatable bonds is 2. The molecule has 5 heteroatoms. The van der Waals surface area contributed by atoms with Crippen LogP contribution in [-0.4, -0.2) is 0 Å². The summed E-state index contributed by atoms with van der Waals surface area (Å²) in [5, 5.41) is 0. The smallest absolute Gasteiger partial charge is 0.0507 e. The third-order valence-corrected chi connectivity index (χ3v) is 4.76. The maximum absolute atomic E-state index is 6.39. The van der Waals surface area contributed by atoms with Gasteiger partial charge in [-0.05, 0) is 52.4 Å². The Morgan fingerprint density at radius 3 is 2.33 bits per heavy atom. The molecule has 0 spiro atoms. The number of nitrogen functional groups attached to an aromatic ring is 1. The first kappa shape index (κ1) is 16.3. The Labute approximate surface area is 132 Å². The van der Waals surface area contributed by atoms with Crippen LogP contribution in [0.5, 0.6) is 0 Å². The molecule has 1 fully saturated rings. The molecule has 2 rings (SSSR count). The molecule has 1 aliphatic carbocycles. The monoisotopic (exact) mass is 396 g/mol. The van der Waals surface area contributed by atoms with Crippen LogP contribution >= 0.6 is 44.3 Å². The molecule has 1 aliphatic rings. The van der Waals surface area contributed by atoms with Crippen LogP contribution in [-0.2, 0) is 0 Å². The zero-order valence-electron chi connectivity index (χ0n) is 10.2. The highest BCUT2D eigenvalue weighted by Crippen LogP contribution is 2.38. The second-order valence-electron chi connectivity index (χ2n) is 4.81. The quantitative estimate of drug-likeness (QED) is 0.704. The van der Waals surface area contributed by atoms with Crippen LogP contribution in [0.25, 0.3) is 0 Å². The lowest BCUT2D eigenvalue weighted by Crippen LogP contribution is -2.24. The average Bonchev–Trinajstić information content (AvgIpc) is 2.34. The molecule has 1 aromatic rings. The minimum atomic E-state index is 0. The molecule has 1 aromatic carbocycles. The lowest BCUT2D eigenvalue weighted by atomic mass is 9.81. The number of benzene rings is 1. The predicted octanol–water partition coefficient (Wildman–Crippen LogP) is 4.80. The molecular weight excluding hydrogens is 379 g/mol. The molecule has 1 atom stereocenters. The molecule has 4 N–H and O–H groups in total. The van der Waals surface area contributed by atoms with E-state index in [1.807, 2.05) is 6.07 Å². The molecular formula is C13H19Br2ClN2. The molecule has 18 heavy (non-hydrogen) atoms. The summed E-state index contributed by atoms with van der Waals surface area (Å²) in [4.78, 5) is 0. The van der Waals surface area contributed by atoms with Gasteiger partial charge in [-0.1, -0.05) is 35.2 Å². The Balaban J connectivity index is 0.00000162. The third kappa shape index (κ3) is 3.62. The van der Waals surface area contributed by atoms with Gasteiger partial charge in [-0.2, -0.15) is 0 Å². The van der Waals surface area contributed by atoms with E-state index in [1.165, 1.54) is 32.1 Å². The summed E-state index contributed by atoms with van der Waals surface area (Å²) in [7, 11) is 0.